The van der Waals surface area contributed by atoms with Crippen LogP contribution in [0.3, 0.4) is 0 Å². The van der Waals surface area contributed by atoms with Crippen molar-refractivity contribution in [1.29, 1.82) is 0 Å². The molecule has 2 fully saturated rings. The van der Waals surface area contributed by atoms with Crippen LogP contribution in [0.25, 0.3) is 0 Å². The van der Waals surface area contributed by atoms with Crippen LogP contribution in [0.1, 0.15) is 24.6 Å². The third kappa shape index (κ3) is 2.62. The summed E-state index contributed by atoms with van der Waals surface area (Å²) < 4.78 is 29.0. The first kappa shape index (κ1) is 14.4. The second-order valence-electron chi connectivity index (χ2n) is 5.65. The van der Waals surface area contributed by atoms with E-state index < -0.39 is 10.0 Å². The number of nitrogens with zero attached hydrogens (tertiary/aromatic N) is 3. The van der Waals surface area contributed by atoms with Crippen LogP contribution >= 0.6 is 11.6 Å². The molecular formula is C13H20ClN3O2S. The van der Waals surface area contributed by atoms with Gasteiger partial charge in [-0.05, 0) is 26.0 Å². The molecule has 0 unspecified atom stereocenters. The Labute approximate surface area is 125 Å². The van der Waals surface area contributed by atoms with Crippen LogP contribution in [-0.2, 0) is 15.9 Å². The Morgan fingerprint density at radius 2 is 1.90 bits per heavy atom. The van der Waals surface area contributed by atoms with Gasteiger partial charge >= 0.3 is 0 Å². The number of alkyl halides is 1. The lowest BCUT2D eigenvalue weighted by Gasteiger charge is -2.31. The molecule has 0 atom stereocenters. The van der Waals surface area contributed by atoms with Crippen LogP contribution in [0.15, 0.2) is 17.2 Å². The van der Waals surface area contributed by atoms with Crippen molar-refractivity contribution in [2.75, 3.05) is 33.2 Å². The topological polar surface area (TPSA) is 45.6 Å². The quantitative estimate of drug-likeness (QED) is 0.791. The average Bonchev–Trinajstić information content (AvgIpc) is 3.18. The zero-order valence-electron chi connectivity index (χ0n) is 11.6. The number of halogens is 1. The number of hydrogen-bond donors (Lipinski definition) is 0. The summed E-state index contributed by atoms with van der Waals surface area (Å²) in [4.78, 5) is 2.54. The fourth-order valence-corrected chi connectivity index (χ4v) is 4.30. The van der Waals surface area contributed by atoms with Gasteiger partial charge in [0.15, 0.2) is 0 Å². The van der Waals surface area contributed by atoms with Crippen molar-refractivity contribution in [2.45, 2.75) is 29.7 Å². The lowest BCUT2D eigenvalue weighted by Crippen LogP contribution is -2.46. The molecule has 1 saturated heterocycles. The van der Waals surface area contributed by atoms with Crippen LogP contribution in [0.4, 0.5) is 0 Å². The molecule has 0 N–H and O–H groups in total. The molecule has 1 aliphatic carbocycles. The van der Waals surface area contributed by atoms with Gasteiger partial charge in [-0.1, -0.05) is 0 Å². The normalized spacial score (nSPS) is 22.3. The zero-order valence-corrected chi connectivity index (χ0v) is 13.2. The fraction of sp³-hybridized carbons (Fsp3) is 0.692. The van der Waals surface area contributed by atoms with E-state index in [1.165, 1.54) is 0 Å². The first-order valence-electron chi connectivity index (χ1n) is 6.98. The highest BCUT2D eigenvalue weighted by Gasteiger charge is 2.31. The summed E-state index contributed by atoms with van der Waals surface area (Å²) in [6.07, 6.45) is 4.00. The number of likely N-dealkylation sites (N-methyl/N-ethyl adjacent to an activating group) is 1. The second-order valence-corrected chi connectivity index (χ2v) is 7.85. The first-order chi connectivity index (χ1) is 9.52. The molecule has 2 aliphatic rings. The van der Waals surface area contributed by atoms with Crippen molar-refractivity contribution in [1.82, 2.24) is 13.8 Å². The Morgan fingerprint density at radius 1 is 1.25 bits per heavy atom. The van der Waals surface area contributed by atoms with Gasteiger partial charge in [0.05, 0.1) is 5.88 Å². The molecule has 0 radical (unpaired) electrons. The molecular weight excluding hydrogens is 298 g/mol. The lowest BCUT2D eigenvalue weighted by atomic mass is 10.4. The lowest BCUT2D eigenvalue weighted by molar-refractivity contribution is 0.222. The Kier molecular flexibility index (Phi) is 3.83. The third-order valence-corrected chi connectivity index (χ3v) is 6.22. The molecule has 0 aromatic carbocycles. The third-order valence-electron chi connectivity index (χ3n) is 4.08. The summed E-state index contributed by atoms with van der Waals surface area (Å²) in [5.74, 6) is 0.356. The molecule has 7 heteroatoms. The molecule has 1 aromatic heterocycles. The summed E-state index contributed by atoms with van der Waals surface area (Å²) in [5.41, 5.74) is 0.905. The van der Waals surface area contributed by atoms with Crippen molar-refractivity contribution in [3.8, 4) is 0 Å². The minimum absolute atomic E-state index is 0.356. The molecule has 0 bridgehead atoms. The molecule has 20 heavy (non-hydrogen) atoms. The van der Waals surface area contributed by atoms with Crippen molar-refractivity contribution in [3.63, 3.8) is 0 Å². The molecule has 3 rings (SSSR count). The largest absolute Gasteiger partial charge is 0.346 e. The summed E-state index contributed by atoms with van der Waals surface area (Å²) in [5, 5.41) is 0. The van der Waals surface area contributed by atoms with Crippen molar-refractivity contribution >= 4 is 21.6 Å². The zero-order chi connectivity index (χ0) is 14.3. The molecule has 1 aromatic rings. The van der Waals surface area contributed by atoms with Gasteiger partial charge in [-0.25, -0.2) is 8.42 Å². The van der Waals surface area contributed by atoms with Crippen LogP contribution in [-0.4, -0.2) is 55.4 Å². The van der Waals surface area contributed by atoms with Crippen LogP contribution in [0.2, 0.25) is 0 Å². The van der Waals surface area contributed by atoms with E-state index in [0.717, 1.165) is 31.6 Å². The van der Waals surface area contributed by atoms with Crippen molar-refractivity contribution in [3.05, 3.63) is 18.0 Å². The molecule has 5 nitrogen and oxygen atoms in total. The summed E-state index contributed by atoms with van der Waals surface area (Å²) in [6, 6.07) is 2.18. The maximum atomic E-state index is 12.7. The van der Waals surface area contributed by atoms with Gasteiger partial charge in [0.1, 0.15) is 4.90 Å². The Hall–Kier alpha value is -0.560. The van der Waals surface area contributed by atoms with Gasteiger partial charge < -0.3 is 9.47 Å². The predicted molar refractivity (Wildman–Crippen MR) is 78.5 cm³/mol. The number of piperazine rings is 1. The van der Waals surface area contributed by atoms with Crippen LogP contribution in [0.5, 0.6) is 0 Å². The van der Waals surface area contributed by atoms with E-state index in [9.17, 15) is 8.42 Å². The van der Waals surface area contributed by atoms with E-state index >= 15 is 0 Å². The minimum atomic E-state index is -3.38. The Morgan fingerprint density at radius 3 is 2.45 bits per heavy atom. The summed E-state index contributed by atoms with van der Waals surface area (Å²) >= 11 is 5.94. The highest BCUT2D eigenvalue weighted by atomic mass is 35.5. The number of sulfonamides is 1. The van der Waals surface area contributed by atoms with E-state index in [0.29, 0.717) is 29.9 Å². The van der Waals surface area contributed by atoms with E-state index in [1.54, 1.807) is 16.6 Å². The first-order valence-corrected chi connectivity index (χ1v) is 8.95. The van der Waals surface area contributed by atoms with Crippen LogP contribution in [0, 0.1) is 0 Å². The Bertz CT molecular complexity index is 587. The average molecular weight is 318 g/mol. The number of rotatable bonds is 4. The highest BCUT2D eigenvalue weighted by molar-refractivity contribution is 7.89. The maximum Gasteiger partial charge on any atom is 0.244 e. The fourth-order valence-electron chi connectivity index (χ4n) is 2.61. The monoisotopic (exact) mass is 317 g/mol. The van der Waals surface area contributed by atoms with E-state index in [-0.39, 0.29) is 0 Å². The number of hydrogen-bond acceptors (Lipinski definition) is 3. The smallest absolute Gasteiger partial charge is 0.244 e. The summed E-state index contributed by atoms with van der Waals surface area (Å²) in [6.45, 7) is 2.68. The summed E-state index contributed by atoms with van der Waals surface area (Å²) in [7, 11) is -1.36. The second kappa shape index (κ2) is 5.33. The molecule has 0 spiro atoms. The van der Waals surface area contributed by atoms with Gasteiger partial charge in [0, 0.05) is 44.1 Å². The van der Waals surface area contributed by atoms with E-state index in [1.807, 2.05) is 11.6 Å². The van der Waals surface area contributed by atoms with Crippen molar-refractivity contribution in [2.24, 2.45) is 0 Å². The van der Waals surface area contributed by atoms with E-state index in [2.05, 4.69) is 4.90 Å². The minimum Gasteiger partial charge on any atom is -0.346 e. The van der Waals surface area contributed by atoms with Gasteiger partial charge in [0.2, 0.25) is 10.0 Å². The van der Waals surface area contributed by atoms with Crippen LogP contribution < -0.4 is 0 Å². The van der Waals surface area contributed by atoms with E-state index in [4.69, 9.17) is 11.6 Å². The Balaban J connectivity index is 1.87. The molecule has 112 valence electrons. The highest BCUT2D eigenvalue weighted by Crippen LogP contribution is 2.38. The van der Waals surface area contributed by atoms with Gasteiger partial charge in [-0.15, -0.1) is 11.6 Å². The standard InChI is InChI=1S/C13H20ClN3O2S/c1-15-4-6-16(7-5-15)20(18,19)13-8-12(9-14)17(10-13)11-2-3-11/h8,10-11H,2-7,9H2,1H3. The molecule has 0 amide bonds. The number of aromatic nitrogens is 1. The van der Waals surface area contributed by atoms with Gasteiger partial charge in [-0.3, -0.25) is 0 Å². The molecule has 1 saturated carbocycles. The molecule has 2 heterocycles. The van der Waals surface area contributed by atoms with Crippen molar-refractivity contribution < 1.29 is 8.42 Å². The molecule has 1 aliphatic heterocycles. The maximum absolute atomic E-state index is 12.7. The SMILES string of the molecule is CN1CCN(S(=O)(=O)c2cc(CCl)n(C3CC3)c2)CC1. The van der Waals surface area contributed by atoms with Gasteiger partial charge in [-0.2, -0.15) is 4.31 Å². The van der Waals surface area contributed by atoms with Gasteiger partial charge in [0.25, 0.3) is 0 Å². The predicted octanol–water partition coefficient (Wildman–Crippen LogP) is 1.50.